The van der Waals surface area contributed by atoms with E-state index in [0.29, 0.717) is 24.6 Å². The van der Waals surface area contributed by atoms with E-state index in [2.05, 4.69) is 5.32 Å². The number of methoxy groups -OCH3 is 1. The Morgan fingerprint density at radius 3 is 2.50 bits per heavy atom. The Morgan fingerprint density at radius 1 is 1.00 bits per heavy atom. The van der Waals surface area contributed by atoms with E-state index in [4.69, 9.17) is 9.47 Å². The molecule has 0 aromatic heterocycles. The molecule has 154 valence electrons. The van der Waals surface area contributed by atoms with Crippen LogP contribution in [-0.4, -0.2) is 30.3 Å². The molecule has 1 saturated heterocycles. The number of thioether (sulfide) groups is 1. The molecule has 2 amide bonds. The number of carbonyl (C=O) groups is 1. The van der Waals surface area contributed by atoms with Gasteiger partial charge in [-0.05, 0) is 23.8 Å². The standard InChI is InChI=1S/C24H24N2O3S/c1-28-22-14-8-6-12-20(22)25-24(27)26-15-16-30-23(26)19-11-5-7-13-21(19)29-17-18-9-3-2-4-10-18/h2-14,23H,15-17H2,1H3,(H,25,27). The molecule has 0 radical (unpaired) electrons. The molecule has 1 atom stereocenters. The highest BCUT2D eigenvalue weighted by Gasteiger charge is 2.33. The first-order valence-electron chi connectivity index (χ1n) is 9.84. The van der Waals surface area contributed by atoms with Gasteiger partial charge in [0.05, 0.1) is 12.8 Å². The molecule has 3 aromatic carbocycles. The highest BCUT2D eigenvalue weighted by molar-refractivity contribution is 7.99. The molecule has 1 aliphatic rings. The van der Waals surface area contributed by atoms with Crippen molar-refractivity contribution in [1.82, 2.24) is 4.90 Å². The molecular weight excluding hydrogens is 396 g/mol. The van der Waals surface area contributed by atoms with E-state index in [-0.39, 0.29) is 11.4 Å². The van der Waals surface area contributed by atoms with Gasteiger partial charge in [0.25, 0.3) is 0 Å². The Kier molecular flexibility index (Phi) is 6.44. The zero-order valence-electron chi connectivity index (χ0n) is 16.8. The largest absolute Gasteiger partial charge is 0.495 e. The quantitative estimate of drug-likeness (QED) is 0.568. The van der Waals surface area contributed by atoms with Crippen molar-refractivity contribution >= 4 is 23.5 Å². The molecular formula is C24H24N2O3S. The minimum Gasteiger partial charge on any atom is -0.495 e. The molecule has 6 heteroatoms. The molecule has 5 nitrogen and oxygen atoms in total. The minimum atomic E-state index is -0.146. The summed E-state index contributed by atoms with van der Waals surface area (Å²) in [5, 5.41) is 2.88. The Hall–Kier alpha value is -3.12. The molecule has 0 spiro atoms. The number of nitrogens with one attached hydrogen (secondary N) is 1. The van der Waals surface area contributed by atoms with E-state index in [0.717, 1.165) is 22.6 Å². The van der Waals surface area contributed by atoms with Gasteiger partial charge in [-0.2, -0.15) is 0 Å². The molecule has 0 aliphatic carbocycles. The topological polar surface area (TPSA) is 50.8 Å². The fraction of sp³-hybridized carbons (Fsp3) is 0.208. The van der Waals surface area contributed by atoms with Crippen molar-refractivity contribution in [2.45, 2.75) is 12.0 Å². The van der Waals surface area contributed by atoms with Crippen LogP contribution in [0.2, 0.25) is 0 Å². The molecule has 1 heterocycles. The zero-order valence-corrected chi connectivity index (χ0v) is 17.6. The van der Waals surface area contributed by atoms with Gasteiger partial charge in [0.2, 0.25) is 0 Å². The SMILES string of the molecule is COc1ccccc1NC(=O)N1CCSC1c1ccccc1OCc1ccccc1. The van der Waals surface area contributed by atoms with Crippen molar-refractivity contribution in [3.63, 3.8) is 0 Å². The lowest BCUT2D eigenvalue weighted by Crippen LogP contribution is -2.34. The average Bonchev–Trinajstić information content (AvgIpc) is 3.29. The lowest BCUT2D eigenvalue weighted by molar-refractivity contribution is 0.213. The second-order valence-corrected chi connectivity index (χ2v) is 8.05. The molecule has 0 saturated carbocycles. The van der Waals surface area contributed by atoms with Crippen molar-refractivity contribution in [3.8, 4) is 11.5 Å². The second-order valence-electron chi connectivity index (χ2n) is 6.86. The summed E-state index contributed by atoms with van der Waals surface area (Å²) in [6, 6.07) is 25.3. The van der Waals surface area contributed by atoms with Crippen molar-refractivity contribution in [2.24, 2.45) is 0 Å². The molecule has 4 rings (SSSR count). The van der Waals surface area contributed by atoms with Gasteiger partial charge in [0.1, 0.15) is 23.5 Å². The van der Waals surface area contributed by atoms with Crippen LogP contribution >= 0.6 is 11.8 Å². The zero-order chi connectivity index (χ0) is 20.8. The second kappa shape index (κ2) is 9.59. The third-order valence-corrected chi connectivity index (χ3v) is 6.17. The number of urea groups is 1. The van der Waals surface area contributed by atoms with Crippen LogP contribution in [0.15, 0.2) is 78.9 Å². The maximum atomic E-state index is 13.1. The number of nitrogens with zero attached hydrogens (tertiary/aromatic N) is 1. The van der Waals surface area contributed by atoms with Crippen LogP contribution < -0.4 is 14.8 Å². The Bertz CT molecular complexity index is 997. The van der Waals surface area contributed by atoms with Crippen LogP contribution in [0.5, 0.6) is 11.5 Å². The van der Waals surface area contributed by atoms with Crippen LogP contribution in [0.1, 0.15) is 16.5 Å². The number of rotatable bonds is 6. The van der Waals surface area contributed by atoms with Crippen LogP contribution in [0.25, 0.3) is 0 Å². The summed E-state index contributed by atoms with van der Waals surface area (Å²) in [5.74, 6) is 2.31. The third kappa shape index (κ3) is 4.54. The van der Waals surface area contributed by atoms with Gasteiger partial charge in [0, 0.05) is 17.9 Å². The summed E-state index contributed by atoms with van der Waals surface area (Å²) in [6.07, 6.45) is 0. The number of hydrogen-bond acceptors (Lipinski definition) is 4. The predicted molar refractivity (Wildman–Crippen MR) is 121 cm³/mol. The Balaban J connectivity index is 1.51. The number of carbonyl (C=O) groups excluding carboxylic acids is 1. The minimum absolute atomic E-state index is 0.105. The summed E-state index contributed by atoms with van der Waals surface area (Å²) in [6.45, 7) is 1.16. The van der Waals surface area contributed by atoms with Gasteiger partial charge in [-0.1, -0.05) is 60.7 Å². The van der Waals surface area contributed by atoms with Crippen LogP contribution in [0.3, 0.4) is 0 Å². The lowest BCUT2D eigenvalue weighted by atomic mass is 10.1. The summed E-state index contributed by atoms with van der Waals surface area (Å²) in [4.78, 5) is 14.9. The van der Waals surface area contributed by atoms with Crippen molar-refractivity contribution < 1.29 is 14.3 Å². The monoisotopic (exact) mass is 420 g/mol. The van der Waals surface area contributed by atoms with Gasteiger partial charge in [-0.15, -0.1) is 11.8 Å². The summed E-state index contributed by atoms with van der Waals surface area (Å²) in [7, 11) is 1.60. The number of benzene rings is 3. The molecule has 1 unspecified atom stereocenters. The number of amides is 2. The first-order valence-corrected chi connectivity index (χ1v) is 10.9. The van der Waals surface area contributed by atoms with E-state index in [1.807, 2.05) is 83.8 Å². The first kappa shape index (κ1) is 20.2. The molecule has 0 bridgehead atoms. The highest BCUT2D eigenvalue weighted by Crippen LogP contribution is 2.42. The summed E-state index contributed by atoms with van der Waals surface area (Å²) < 4.78 is 11.5. The normalized spacial score (nSPS) is 15.6. The van der Waals surface area contributed by atoms with Gasteiger partial charge in [-0.3, -0.25) is 0 Å². The molecule has 1 fully saturated rings. The van der Waals surface area contributed by atoms with Gasteiger partial charge < -0.3 is 19.7 Å². The van der Waals surface area contributed by atoms with Crippen LogP contribution in [-0.2, 0) is 6.61 Å². The Morgan fingerprint density at radius 2 is 1.70 bits per heavy atom. The highest BCUT2D eigenvalue weighted by atomic mass is 32.2. The number of hydrogen-bond donors (Lipinski definition) is 1. The summed E-state index contributed by atoms with van der Waals surface area (Å²) >= 11 is 1.74. The lowest BCUT2D eigenvalue weighted by Gasteiger charge is -2.26. The fourth-order valence-electron chi connectivity index (χ4n) is 3.42. The molecule has 30 heavy (non-hydrogen) atoms. The number of para-hydroxylation sites is 3. The maximum Gasteiger partial charge on any atom is 0.323 e. The van der Waals surface area contributed by atoms with Gasteiger partial charge >= 0.3 is 6.03 Å². The molecule has 1 aliphatic heterocycles. The maximum absolute atomic E-state index is 13.1. The Labute approximate surface area is 181 Å². The average molecular weight is 421 g/mol. The molecule has 3 aromatic rings. The number of ether oxygens (including phenoxy) is 2. The predicted octanol–water partition coefficient (Wildman–Crippen LogP) is 5.55. The molecule has 1 N–H and O–H groups in total. The van der Waals surface area contributed by atoms with E-state index in [1.165, 1.54) is 0 Å². The fourth-order valence-corrected chi connectivity index (χ4v) is 4.70. The number of anilines is 1. The summed E-state index contributed by atoms with van der Waals surface area (Å²) in [5.41, 5.74) is 2.78. The van der Waals surface area contributed by atoms with E-state index in [1.54, 1.807) is 18.9 Å². The van der Waals surface area contributed by atoms with E-state index >= 15 is 0 Å². The van der Waals surface area contributed by atoms with Crippen molar-refractivity contribution in [1.29, 1.82) is 0 Å². The third-order valence-electron chi connectivity index (χ3n) is 4.92. The van der Waals surface area contributed by atoms with Gasteiger partial charge in [0.15, 0.2) is 0 Å². The van der Waals surface area contributed by atoms with Crippen LogP contribution in [0.4, 0.5) is 10.5 Å². The van der Waals surface area contributed by atoms with Crippen molar-refractivity contribution in [3.05, 3.63) is 90.0 Å². The van der Waals surface area contributed by atoms with E-state index in [9.17, 15) is 4.79 Å². The van der Waals surface area contributed by atoms with Gasteiger partial charge in [-0.25, -0.2) is 4.79 Å². The van der Waals surface area contributed by atoms with Crippen molar-refractivity contribution in [2.75, 3.05) is 24.7 Å². The smallest absolute Gasteiger partial charge is 0.323 e. The first-order chi connectivity index (χ1) is 14.8. The van der Waals surface area contributed by atoms with Crippen LogP contribution in [0, 0.1) is 0 Å². The van der Waals surface area contributed by atoms with E-state index < -0.39 is 0 Å².